The molecule has 1 unspecified atom stereocenters. The van der Waals surface area contributed by atoms with Crippen molar-refractivity contribution in [3.05, 3.63) is 42.0 Å². The molecule has 0 bridgehead atoms. The van der Waals surface area contributed by atoms with Crippen LogP contribution in [0.25, 0.3) is 0 Å². The van der Waals surface area contributed by atoms with Crippen LogP contribution in [0, 0.1) is 0 Å². The van der Waals surface area contributed by atoms with Crippen molar-refractivity contribution in [3.8, 4) is 0 Å². The first-order valence-corrected chi connectivity index (χ1v) is 6.21. The van der Waals surface area contributed by atoms with E-state index in [9.17, 15) is 9.59 Å². The normalized spacial score (nSPS) is 17.8. The third-order valence-corrected chi connectivity index (χ3v) is 3.01. The summed E-state index contributed by atoms with van der Waals surface area (Å²) in [6.07, 6.45) is 6.81. The number of benzene rings is 1. The number of carboxylic acids is 1. The van der Waals surface area contributed by atoms with E-state index in [-0.39, 0.29) is 17.6 Å². The molecule has 2 rings (SSSR count). The van der Waals surface area contributed by atoms with Crippen LogP contribution < -0.4 is 10.6 Å². The summed E-state index contributed by atoms with van der Waals surface area (Å²) in [7, 11) is 0. The van der Waals surface area contributed by atoms with Gasteiger partial charge >= 0.3 is 12.0 Å². The second-order valence-electron chi connectivity index (χ2n) is 4.43. The lowest BCUT2D eigenvalue weighted by molar-refractivity contribution is 0.0698. The molecular formula is C14H16N2O3. The third kappa shape index (κ3) is 3.58. The number of amides is 2. The number of rotatable bonds is 3. The summed E-state index contributed by atoms with van der Waals surface area (Å²) in [6, 6.07) is 6.09. The van der Waals surface area contributed by atoms with Crippen molar-refractivity contribution in [3.63, 3.8) is 0 Å². The Morgan fingerprint density at radius 1 is 1.21 bits per heavy atom. The van der Waals surface area contributed by atoms with E-state index in [1.807, 2.05) is 6.08 Å². The molecule has 1 aliphatic rings. The van der Waals surface area contributed by atoms with Gasteiger partial charge in [0.2, 0.25) is 0 Å². The predicted molar refractivity (Wildman–Crippen MR) is 72.3 cm³/mol. The van der Waals surface area contributed by atoms with Gasteiger partial charge in [-0.3, -0.25) is 0 Å². The van der Waals surface area contributed by atoms with Gasteiger partial charge in [-0.1, -0.05) is 24.3 Å². The van der Waals surface area contributed by atoms with Gasteiger partial charge in [-0.15, -0.1) is 0 Å². The van der Waals surface area contributed by atoms with Crippen molar-refractivity contribution in [2.75, 3.05) is 5.32 Å². The fourth-order valence-corrected chi connectivity index (χ4v) is 2.05. The molecule has 0 saturated heterocycles. The number of nitrogens with one attached hydrogen (secondary N) is 2. The molecule has 0 fully saturated rings. The molecule has 19 heavy (non-hydrogen) atoms. The van der Waals surface area contributed by atoms with E-state index in [1.54, 1.807) is 18.2 Å². The van der Waals surface area contributed by atoms with Crippen LogP contribution in [0.2, 0.25) is 0 Å². The zero-order valence-electron chi connectivity index (χ0n) is 10.4. The van der Waals surface area contributed by atoms with Crippen molar-refractivity contribution in [2.24, 2.45) is 0 Å². The van der Waals surface area contributed by atoms with Crippen LogP contribution in [-0.2, 0) is 0 Å². The van der Waals surface area contributed by atoms with Gasteiger partial charge in [0.05, 0.1) is 11.3 Å². The molecule has 2 amide bonds. The fraction of sp³-hybridized carbons (Fsp3) is 0.286. The van der Waals surface area contributed by atoms with Crippen molar-refractivity contribution in [1.82, 2.24) is 5.32 Å². The third-order valence-electron chi connectivity index (χ3n) is 3.01. The lowest BCUT2D eigenvalue weighted by atomic mass is 10.0. The van der Waals surface area contributed by atoms with Crippen LogP contribution in [0.5, 0.6) is 0 Å². The summed E-state index contributed by atoms with van der Waals surface area (Å²) in [5, 5.41) is 14.4. The Hall–Kier alpha value is -2.30. The standard InChI is InChI=1S/C14H16N2O3/c17-13(18)11-8-4-5-9-12(11)16-14(19)15-10-6-2-1-3-7-10/h1-2,4-5,8-10H,3,6-7H2,(H,17,18)(H2,15,16,19). The number of aromatic carboxylic acids is 1. The summed E-state index contributed by atoms with van der Waals surface area (Å²) < 4.78 is 0. The molecule has 5 heteroatoms. The lowest BCUT2D eigenvalue weighted by Gasteiger charge is -2.19. The van der Waals surface area contributed by atoms with Gasteiger partial charge in [0, 0.05) is 6.04 Å². The van der Waals surface area contributed by atoms with Gasteiger partial charge in [-0.05, 0) is 31.4 Å². The van der Waals surface area contributed by atoms with Gasteiger partial charge in [-0.2, -0.15) is 0 Å². The monoisotopic (exact) mass is 260 g/mol. The molecule has 0 aliphatic heterocycles. The van der Waals surface area contributed by atoms with Crippen LogP contribution in [0.4, 0.5) is 10.5 Å². The minimum Gasteiger partial charge on any atom is -0.478 e. The van der Waals surface area contributed by atoms with E-state index in [0.29, 0.717) is 5.69 Å². The quantitative estimate of drug-likeness (QED) is 0.731. The van der Waals surface area contributed by atoms with Gasteiger partial charge < -0.3 is 15.7 Å². The van der Waals surface area contributed by atoms with E-state index in [1.165, 1.54) is 6.07 Å². The zero-order chi connectivity index (χ0) is 13.7. The van der Waals surface area contributed by atoms with Crippen LogP contribution in [0.15, 0.2) is 36.4 Å². The van der Waals surface area contributed by atoms with Gasteiger partial charge in [0.25, 0.3) is 0 Å². The first-order valence-electron chi connectivity index (χ1n) is 6.21. The number of carbonyl (C=O) groups is 2. The van der Waals surface area contributed by atoms with Crippen molar-refractivity contribution in [2.45, 2.75) is 25.3 Å². The number of carbonyl (C=O) groups excluding carboxylic acids is 1. The predicted octanol–water partition coefficient (Wildman–Crippen LogP) is 2.62. The van der Waals surface area contributed by atoms with Crippen LogP contribution >= 0.6 is 0 Å². The molecule has 0 spiro atoms. The fourth-order valence-electron chi connectivity index (χ4n) is 2.05. The molecule has 5 nitrogen and oxygen atoms in total. The maximum Gasteiger partial charge on any atom is 0.337 e. The van der Waals surface area contributed by atoms with Crippen LogP contribution in [0.1, 0.15) is 29.6 Å². The van der Waals surface area contributed by atoms with Crippen molar-refractivity contribution < 1.29 is 14.7 Å². The average Bonchev–Trinajstić information content (AvgIpc) is 2.40. The summed E-state index contributed by atoms with van der Waals surface area (Å²) in [5.41, 5.74) is 0.389. The number of hydrogen-bond donors (Lipinski definition) is 3. The molecule has 1 atom stereocenters. The maximum atomic E-state index is 11.8. The second-order valence-corrected chi connectivity index (χ2v) is 4.43. The van der Waals surface area contributed by atoms with E-state index in [2.05, 4.69) is 16.7 Å². The minimum atomic E-state index is -1.06. The Bertz CT molecular complexity index is 511. The molecule has 3 N–H and O–H groups in total. The molecule has 1 aromatic rings. The number of allylic oxidation sites excluding steroid dienone is 1. The zero-order valence-corrected chi connectivity index (χ0v) is 10.4. The largest absolute Gasteiger partial charge is 0.478 e. The number of anilines is 1. The van der Waals surface area contributed by atoms with Gasteiger partial charge in [0.1, 0.15) is 0 Å². The summed E-state index contributed by atoms with van der Waals surface area (Å²) in [4.78, 5) is 22.8. The molecule has 0 aromatic heterocycles. The first-order chi connectivity index (χ1) is 9.16. The molecule has 1 aliphatic carbocycles. The lowest BCUT2D eigenvalue weighted by Crippen LogP contribution is -2.38. The molecule has 100 valence electrons. The highest BCUT2D eigenvalue weighted by Gasteiger charge is 2.15. The highest BCUT2D eigenvalue weighted by Crippen LogP contribution is 2.15. The van der Waals surface area contributed by atoms with E-state index in [4.69, 9.17) is 5.11 Å². The van der Waals surface area contributed by atoms with E-state index < -0.39 is 5.97 Å². The Balaban J connectivity index is 1.98. The Morgan fingerprint density at radius 2 is 2.00 bits per heavy atom. The smallest absolute Gasteiger partial charge is 0.337 e. The topological polar surface area (TPSA) is 78.4 Å². The molecule has 1 aromatic carbocycles. The summed E-state index contributed by atoms with van der Waals surface area (Å²) in [5.74, 6) is -1.06. The summed E-state index contributed by atoms with van der Waals surface area (Å²) >= 11 is 0. The van der Waals surface area contributed by atoms with E-state index in [0.717, 1.165) is 19.3 Å². The van der Waals surface area contributed by atoms with Gasteiger partial charge in [-0.25, -0.2) is 9.59 Å². The highest BCUT2D eigenvalue weighted by molar-refractivity contribution is 6.00. The highest BCUT2D eigenvalue weighted by atomic mass is 16.4. The van der Waals surface area contributed by atoms with Gasteiger partial charge in [0.15, 0.2) is 0 Å². The van der Waals surface area contributed by atoms with E-state index >= 15 is 0 Å². The SMILES string of the molecule is O=C(Nc1ccccc1C(=O)O)NC1CC=CCC1. The van der Waals surface area contributed by atoms with Crippen molar-refractivity contribution >= 4 is 17.7 Å². The Labute approximate surface area is 111 Å². The molecular weight excluding hydrogens is 244 g/mol. The molecule has 0 heterocycles. The number of carboxylic acid groups (broad SMARTS) is 1. The number of hydrogen-bond acceptors (Lipinski definition) is 2. The van der Waals surface area contributed by atoms with Crippen LogP contribution in [-0.4, -0.2) is 23.1 Å². The number of para-hydroxylation sites is 1. The average molecular weight is 260 g/mol. The second kappa shape index (κ2) is 6.04. The first kappa shape index (κ1) is 13.1. The minimum absolute atomic E-state index is 0.0844. The van der Waals surface area contributed by atoms with Crippen molar-refractivity contribution in [1.29, 1.82) is 0 Å². The number of urea groups is 1. The molecule has 0 saturated carbocycles. The van der Waals surface area contributed by atoms with Crippen LogP contribution in [0.3, 0.4) is 0 Å². The Kier molecular flexibility index (Phi) is 4.18. The maximum absolute atomic E-state index is 11.8. The Morgan fingerprint density at radius 3 is 2.68 bits per heavy atom. The molecule has 0 radical (unpaired) electrons. The summed E-state index contributed by atoms with van der Waals surface area (Å²) in [6.45, 7) is 0.